The average molecular weight is 409 g/mol. The standard InChI is InChI=1S/C18H17F2N3O4S/c1-27-7-2-6-22-17(25)16-14(5-8-28-16)23(18(22)26)10-15(24)21-13-9-11(19)3-4-12(13)20/h3-5,8-9H,2,6-7,10H2,1H3,(H,21,24). The molecule has 28 heavy (non-hydrogen) atoms. The van der Waals surface area contributed by atoms with Crippen LogP contribution in [0.3, 0.4) is 0 Å². The Hall–Kier alpha value is -2.85. The number of fused-ring (bicyclic) bond motifs is 1. The molecule has 148 valence electrons. The van der Waals surface area contributed by atoms with Gasteiger partial charge < -0.3 is 10.1 Å². The third-order valence-corrected chi connectivity index (χ3v) is 4.96. The van der Waals surface area contributed by atoms with Crippen LogP contribution in [0.5, 0.6) is 0 Å². The van der Waals surface area contributed by atoms with Crippen LogP contribution in [-0.2, 0) is 22.6 Å². The van der Waals surface area contributed by atoms with Crippen LogP contribution < -0.4 is 16.6 Å². The molecule has 0 bridgehead atoms. The number of methoxy groups -OCH3 is 1. The van der Waals surface area contributed by atoms with Gasteiger partial charge in [0, 0.05) is 26.3 Å². The van der Waals surface area contributed by atoms with Gasteiger partial charge in [-0.15, -0.1) is 11.3 Å². The molecule has 0 atom stereocenters. The summed E-state index contributed by atoms with van der Waals surface area (Å²) < 4.78 is 34.5. The van der Waals surface area contributed by atoms with Crippen LogP contribution in [0.15, 0.2) is 39.2 Å². The monoisotopic (exact) mass is 409 g/mol. The highest BCUT2D eigenvalue weighted by atomic mass is 32.1. The lowest BCUT2D eigenvalue weighted by Crippen LogP contribution is -2.41. The van der Waals surface area contributed by atoms with E-state index in [4.69, 9.17) is 4.74 Å². The summed E-state index contributed by atoms with van der Waals surface area (Å²) in [7, 11) is 1.51. The lowest BCUT2D eigenvalue weighted by molar-refractivity contribution is -0.116. The van der Waals surface area contributed by atoms with Gasteiger partial charge in [-0.3, -0.25) is 18.7 Å². The second-order valence-corrected chi connectivity index (χ2v) is 6.90. The molecule has 0 spiro atoms. The SMILES string of the molecule is COCCCn1c(=O)c2sccc2n(CC(=O)Nc2cc(F)ccc2F)c1=O. The molecule has 0 saturated carbocycles. The number of rotatable bonds is 7. The first kappa shape index (κ1) is 19.9. The van der Waals surface area contributed by atoms with Crippen LogP contribution in [-0.4, -0.2) is 28.8 Å². The largest absolute Gasteiger partial charge is 0.385 e. The minimum Gasteiger partial charge on any atom is -0.385 e. The highest BCUT2D eigenvalue weighted by Crippen LogP contribution is 2.17. The molecule has 0 fully saturated rings. The Bertz CT molecular complexity index is 1140. The molecule has 1 N–H and O–H groups in total. The van der Waals surface area contributed by atoms with Crippen LogP contribution in [0.25, 0.3) is 10.2 Å². The molecule has 0 unspecified atom stereocenters. The van der Waals surface area contributed by atoms with E-state index in [1.54, 1.807) is 11.4 Å². The summed E-state index contributed by atoms with van der Waals surface area (Å²) in [5.41, 5.74) is -1.09. The van der Waals surface area contributed by atoms with E-state index in [2.05, 4.69) is 5.32 Å². The molecule has 3 aromatic rings. The van der Waals surface area contributed by atoms with E-state index < -0.39 is 35.3 Å². The van der Waals surface area contributed by atoms with E-state index in [9.17, 15) is 23.2 Å². The number of nitrogens with one attached hydrogen (secondary N) is 1. The number of benzene rings is 1. The fourth-order valence-corrected chi connectivity index (χ4v) is 3.62. The minimum absolute atomic E-state index is 0.138. The molecular formula is C18H17F2N3O4S. The Kier molecular flexibility index (Phi) is 6.00. The highest BCUT2D eigenvalue weighted by Gasteiger charge is 2.17. The van der Waals surface area contributed by atoms with Crippen molar-refractivity contribution in [1.82, 2.24) is 9.13 Å². The molecule has 2 aromatic heterocycles. The van der Waals surface area contributed by atoms with Gasteiger partial charge in [-0.1, -0.05) is 0 Å². The van der Waals surface area contributed by atoms with Gasteiger partial charge in [0.25, 0.3) is 5.56 Å². The van der Waals surface area contributed by atoms with Crippen molar-refractivity contribution in [3.63, 3.8) is 0 Å². The number of aromatic nitrogens is 2. The lowest BCUT2D eigenvalue weighted by atomic mass is 10.3. The van der Waals surface area contributed by atoms with Gasteiger partial charge >= 0.3 is 5.69 Å². The summed E-state index contributed by atoms with van der Waals surface area (Å²) in [6.07, 6.45) is 0.448. The molecule has 10 heteroatoms. The van der Waals surface area contributed by atoms with Gasteiger partial charge in [-0.2, -0.15) is 0 Å². The van der Waals surface area contributed by atoms with Gasteiger partial charge in [-0.05, 0) is 30.0 Å². The average Bonchev–Trinajstić information content (AvgIpc) is 3.14. The number of nitrogens with zero attached hydrogens (tertiary/aromatic N) is 2. The Labute approximate surface area is 161 Å². The quantitative estimate of drug-likeness (QED) is 0.607. The Balaban J connectivity index is 1.94. The second kappa shape index (κ2) is 8.44. The van der Waals surface area contributed by atoms with Crippen LogP contribution in [0.2, 0.25) is 0 Å². The topological polar surface area (TPSA) is 82.3 Å². The van der Waals surface area contributed by atoms with Gasteiger partial charge in [0.2, 0.25) is 5.91 Å². The molecule has 0 radical (unpaired) electrons. The summed E-state index contributed by atoms with van der Waals surface area (Å²) in [5.74, 6) is -2.23. The lowest BCUT2D eigenvalue weighted by Gasteiger charge is -2.12. The van der Waals surface area contributed by atoms with Crippen molar-refractivity contribution < 1.29 is 18.3 Å². The first-order valence-corrected chi connectivity index (χ1v) is 9.25. The number of ether oxygens (including phenoxy) is 1. The van der Waals surface area contributed by atoms with Crippen molar-refractivity contribution in [2.24, 2.45) is 0 Å². The molecule has 7 nitrogen and oxygen atoms in total. The minimum atomic E-state index is -0.799. The smallest absolute Gasteiger partial charge is 0.332 e. The third kappa shape index (κ3) is 4.02. The van der Waals surface area contributed by atoms with Crippen molar-refractivity contribution in [3.8, 4) is 0 Å². The first-order chi connectivity index (χ1) is 13.4. The number of amides is 1. The van der Waals surface area contributed by atoms with Crippen molar-refractivity contribution in [2.45, 2.75) is 19.5 Å². The zero-order valence-electron chi connectivity index (χ0n) is 14.9. The molecule has 0 aliphatic heterocycles. The zero-order valence-corrected chi connectivity index (χ0v) is 15.7. The van der Waals surface area contributed by atoms with Crippen molar-refractivity contribution in [1.29, 1.82) is 0 Å². The van der Waals surface area contributed by atoms with Crippen molar-refractivity contribution >= 4 is 33.1 Å². The van der Waals surface area contributed by atoms with E-state index in [0.29, 0.717) is 23.2 Å². The number of thiophene rings is 1. The fourth-order valence-electron chi connectivity index (χ4n) is 2.78. The predicted octanol–water partition coefficient (Wildman–Crippen LogP) is 2.18. The van der Waals surface area contributed by atoms with Gasteiger partial charge in [0.15, 0.2) is 0 Å². The Morgan fingerprint density at radius 2 is 2.00 bits per heavy atom. The van der Waals surface area contributed by atoms with Crippen LogP contribution in [0.4, 0.5) is 14.5 Å². The number of carbonyl (C=O) groups excluding carboxylic acids is 1. The predicted molar refractivity (Wildman–Crippen MR) is 102 cm³/mol. The van der Waals surface area contributed by atoms with Crippen LogP contribution >= 0.6 is 11.3 Å². The van der Waals surface area contributed by atoms with Crippen LogP contribution in [0, 0.1) is 11.6 Å². The number of anilines is 1. The fraction of sp³-hybridized carbons (Fsp3) is 0.278. The van der Waals surface area contributed by atoms with Crippen molar-refractivity contribution in [3.05, 3.63) is 62.1 Å². The number of hydrogen-bond donors (Lipinski definition) is 1. The molecule has 3 rings (SSSR count). The zero-order chi connectivity index (χ0) is 20.3. The Morgan fingerprint density at radius 3 is 2.75 bits per heavy atom. The molecule has 2 heterocycles. The van der Waals surface area contributed by atoms with E-state index in [1.165, 1.54) is 7.11 Å². The number of hydrogen-bond acceptors (Lipinski definition) is 5. The molecular weight excluding hydrogens is 392 g/mol. The maximum atomic E-state index is 13.7. The maximum Gasteiger partial charge on any atom is 0.332 e. The number of carbonyl (C=O) groups is 1. The summed E-state index contributed by atoms with van der Waals surface area (Å²) in [4.78, 5) is 37.7. The molecule has 0 aliphatic carbocycles. The third-order valence-electron chi connectivity index (χ3n) is 4.07. The molecule has 1 aromatic carbocycles. The normalized spacial score (nSPS) is 11.1. The molecule has 1 amide bonds. The van der Waals surface area contributed by atoms with Gasteiger partial charge in [0.05, 0.1) is 11.2 Å². The van der Waals surface area contributed by atoms with E-state index >= 15 is 0 Å². The molecule has 0 saturated heterocycles. The van der Waals surface area contributed by atoms with E-state index in [0.717, 1.165) is 38.7 Å². The van der Waals surface area contributed by atoms with Gasteiger partial charge in [0.1, 0.15) is 22.9 Å². The summed E-state index contributed by atoms with van der Waals surface area (Å²) in [5, 5.41) is 3.90. The van der Waals surface area contributed by atoms with Crippen LogP contribution in [0.1, 0.15) is 6.42 Å². The van der Waals surface area contributed by atoms with Gasteiger partial charge in [-0.25, -0.2) is 13.6 Å². The first-order valence-electron chi connectivity index (χ1n) is 8.37. The summed E-state index contributed by atoms with van der Waals surface area (Å²) in [6, 6.07) is 4.24. The van der Waals surface area contributed by atoms with E-state index in [-0.39, 0.29) is 12.2 Å². The Morgan fingerprint density at radius 1 is 1.21 bits per heavy atom. The highest BCUT2D eigenvalue weighted by molar-refractivity contribution is 7.17. The van der Waals surface area contributed by atoms with E-state index in [1.807, 2.05) is 0 Å². The summed E-state index contributed by atoms with van der Waals surface area (Å²) >= 11 is 1.16. The number of halogens is 2. The summed E-state index contributed by atoms with van der Waals surface area (Å²) in [6.45, 7) is 0.0553. The van der Waals surface area contributed by atoms with Crippen molar-refractivity contribution in [2.75, 3.05) is 19.0 Å². The second-order valence-electron chi connectivity index (χ2n) is 5.98. The molecule has 0 aliphatic rings. The maximum absolute atomic E-state index is 13.7.